The Bertz CT molecular complexity index is 918. The second-order valence-corrected chi connectivity index (χ2v) is 9.32. The Morgan fingerprint density at radius 2 is 1.57 bits per heavy atom. The summed E-state index contributed by atoms with van der Waals surface area (Å²) in [6, 6.07) is 12.3. The predicted octanol–water partition coefficient (Wildman–Crippen LogP) is 3.53. The highest BCUT2D eigenvalue weighted by Crippen LogP contribution is 2.40. The zero-order valence-corrected chi connectivity index (χ0v) is 16.3. The molecule has 0 unspecified atom stereocenters. The molecule has 1 aliphatic carbocycles. The van der Waals surface area contributed by atoms with E-state index in [2.05, 4.69) is 4.72 Å². The Morgan fingerprint density at radius 1 is 1.00 bits per heavy atom. The number of nitrogens with one attached hydrogen (secondary N) is 1. The van der Waals surface area contributed by atoms with Gasteiger partial charge in [-0.3, -0.25) is 4.79 Å². The molecule has 0 atom stereocenters. The number of hydrogen-bond acceptors (Lipinski definition) is 3. The first-order chi connectivity index (χ1) is 13.3. The van der Waals surface area contributed by atoms with Crippen molar-refractivity contribution in [2.45, 2.75) is 43.4 Å². The summed E-state index contributed by atoms with van der Waals surface area (Å²) < 4.78 is 40.9. The molecule has 0 aliphatic heterocycles. The highest BCUT2D eigenvalue weighted by molar-refractivity contribution is 7.89. The topological polar surface area (TPSA) is 83.5 Å². The molecular weight excluding hydrogens is 381 g/mol. The zero-order valence-electron chi connectivity index (χ0n) is 15.5. The van der Waals surface area contributed by atoms with Crippen LogP contribution in [0.4, 0.5) is 4.39 Å². The fraction of sp³-hybridized carbons (Fsp3) is 0.381. The molecular formula is C21H24FNO4S. The quantitative estimate of drug-likeness (QED) is 0.704. The van der Waals surface area contributed by atoms with Gasteiger partial charge in [-0.05, 0) is 60.1 Å². The highest BCUT2D eigenvalue weighted by Gasteiger charge is 2.35. The lowest BCUT2D eigenvalue weighted by molar-refractivity contribution is -0.136. The second-order valence-electron chi connectivity index (χ2n) is 7.55. The minimum Gasteiger partial charge on any atom is -0.481 e. The second kappa shape index (κ2) is 8.41. The summed E-state index contributed by atoms with van der Waals surface area (Å²) >= 11 is 0. The number of sulfonamides is 1. The van der Waals surface area contributed by atoms with Crippen molar-refractivity contribution >= 4 is 16.0 Å². The average Bonchev–Trinajstić information content (AvgIpc) is 3.11. The Labute approximate surface area is 164 Å². The highest BCUT2D eigenvalue weighted by atomic mass is 32.2. The van der Waals surface area contributed by atoms with Crippen LogP contribution in [0, 0.1) is 11.2 Å². The van der Waals surface area contributed by atoms with Gasteiger partial charge in [0.15, 0.2) is 0 Å². The molecule has 0 bridgehead atoms. The SMILES string of the molecule is O=C(O)Cc1ccc(CC2(CNS(=O)(=O)c3ccc(F)cc3)CCCC2)cc1. The van der Waals surface area contributed by atoms with Crippen LogP contribution in [0.5, 0.6) is 0 Å². The molecule has 0 radical (unpaired) electrons. The first-order valence-corrected chi connectivity index (χ1v) is 10.8. The van der Waals surface area contributed by atoms with Gasteiger partial charge in [0.25, 0.3) is 0 Å². The third kappa shape index (κ3) is 5.17. The molecule has 0 spiro atoms. The maximum Gasteiger partial charge on any atom is 0.307 e. The van der Waals surface area contributed by atoms with Crippen molar-refractivity contribution < 1.29 is 22.7 Å². The van der Waals surface area contributed by atoms with Gasteiger partial charge in [-0.15, -0.1) is 0 Å². The van der Waals surface area contributed by atoms with Gasteiger partial charge < -0.3 is 5.11 Å². The lowest BCUT2D eigenvalue weighted by Gasteiger charge is -2.29. The minimum absolute atomic E-state index is 0.0110. The Hall–Kier alpha value is -2.25. The average molecular weight is 405 g/mol. The maximum atomic E-state index is 13.1. The number of carboxylic acid groups (broad SMARTS) is 1. The summed E-state index contributed by atoms with van der Waals surface area (Å²) in [5, 5.41) is 8.88. The van der Waals surface area contributed by atoms with Crippen LogP contribution in [0.15, 0.2) is 53.4 Å². The molecule has 5 nitrogen and oxygen atoms in total. The third-order valence-corrected chi connectivity index (χ3v) is 6.80. The van der Waals surface area contributed by atoms with Crippen molar-refractivity contribution in [2.24, 2.45) is 5.41 Å². The molecule has 1 aliphatic rings. The molecule has 0 aromatic heterocycles. The van der Waals surface area contributed by atoms with Crippen LogP contribution in [-0.4, -0.2) is 26.0 Å². The van der Waals surface area contributed by atoms with E-state index in [-0.39, 0.29) is 16.7 Å². The molecule has 3 rings (SSSR count). The molecule has 2 aromatic carbocycles. The smallest absolute Gasteiger partial charge is 0.307 e. The normalized spacial score (nSPS) is 16.2. The molecule has 1 fully saturated rings. The van der Waals surface area contributed by atoms with Crippen LogP contribution in [0.1, 0.15) is 36.8 Å². The zero-order chi connectivity index (χ0) is 20.2. The van der Waals surface area contributed by atoms with Gasteiger partial charge in [-0.1, -0.05) is 37.1 Å². The summed E-state index contributed by atoms with van der Waals surface area (Å²) in [5.74, 6) is -1.34. The monoisotopic (exact) mass is 405 g/mol. The first-order valence-electron chi connectivity index (χ1n) is 9.33. The minimum atomic E-state index is -3.70. The van der Waals surface area contributed by atoms with Crippen LogP contribution in [0.2, 0.25) is 0 Å². The molecule has 2 aromatic rings. The molecule has 1 saturated carbocycles. The van der Waals surface area contributed by atoms with Gasteiger partial charge in [-0.25, -0.2) is 17.5 Å². The van der Waals surface area contributed by atoms with E-state index >= 15 is 0 Å². The van der Waals surface area contributed by atoms with Gasteiger partial charge in [0.05, 0.1) is 11.3 Å². The van der Waals surface area contributed by atoms with Crippen molar-refractivity contribution in [2.75, 3.05) is 6.54 Å². The standard InChI is InChI=1S/C21H24FNO4S/c22-18-7-9-19(10-8-18)28(26,27)23-15-21(11-1-2-12-21)14-17-5-3-16(4-6-17)13-20(24)25/h3-10,23H,1-2,11-15H2,(H,24,25). The van der Waals surface area contributed by atoms with Crippen molar-refractivity contribution in [3.63, 3.8) is 0 Å². The van der Waals surface area contributed by atoms with E-state index in [0.29, 0.717) is 6.54 Å². The van der Waals surface area contributed by atoms with E-state index in [9.17, 15) is 17.6 Å². The Balaban J connectivity index is 1.70. The van der Waals surface area contributed by atoms with Crippen molar-refractivity contribution in [3.05, 3.63) is 65.5 Å². The number of hydrogen-bond donors (Lipinski definition) is 2. The number of aliphatic carboxylic acids is 1. The Morgan fingerprint density at radius 3 is 2.14 bits per heavy atom. The van der Waals surface area contributed by atoms with Gasteiger partial charge >= 0.3 is 5.97 Å². The largest absolute Gasteiger partial charge is 0.481 e. The van der Waals surface area contributed by atoms with E-state index < -0.39 is 21.8 Å². The fourth-order valence-corrected chi connectivity index (χ4v) is 5.03. The van der Waals surface area contributed by atoms with E-state index in [1.165, 1.54) is 12.1 Å². The van der Waals surface area contributed by atoms with Crippen molar-refractivity contribution in [1.29, 1.82) is 0 Å². The summed E-state index contributed by atoms with van der Waals surface area (Å²) in [6.07, 6.45) is 4.67. The lowest BCUT2D eigenvalue weighted by Crippen LogP contribution is -2.37. The van der Waals surface area contributed by atoms with Crippen molar-refractivity contribution in [1.82, 2.24) is 4.72 Å². The molecule has 0 saturated heterocycles. The lowest BCUT2D eigenvalue weighted by atomic mass is 9.80. The Kier molecular flexibility index (Phi) is 6.15. The number of benzene rings is 2. The molecule has 0 amide bonds. The van der Waals surface area contributed by atoms with Crippen LogP contribution >= 0.6 is 0 Å². The summed E-state index contributed by atoms with van der Waals surface area (Å²) in [4.78, 5) is 10.9. The van der Waals surface area contributed by atoms with Gasteiger partial charge in [0.2, 0.25) is 10.0 Å². The molecule has 7 heteroatoms. The van der Waals surface area contributed by atoms with E-state index in [4.69, 9.17) is 5.11 Å². The van der Waals surface area contributed by atoms with E-state index in [1.54, 1.807) is 0 Å². The predicted molar refractivity (Wildman–Crippen MR) is 104 cm³/mol. The van der Waals surface area contributed by atoms with Gasteiger partial charge in [-0.2, -0.15) is 0 Å². The molecule has 2 N–H and O–H groups in total. The van der Waals surface area contributed by atoms with Crippen molar-refractivity contribution in [3.8, 4) is 0 Å². The summed E-state index contributed by atoms with van der Waals surface area (Å²) in [5.41, 5.74) is 1.65. The molecule has 150 valence electrons. The third-order valence-electron chi connectivity index (χ3n) is 5.38. The van der Waals surface area contributed by atoms with Crippen LogP contribution < -0.4 is 4.72 Å². The fourth-order valence-electron chi connectivity index (χ4n) is 3.87. The summed E-state index contributed by atoms with van der Waals surface area (Å²) in [7, 11) is -3.70. The van der Waals surface area contributed by atoms with E-state index in [1.807, 2.05) is 24.3 Å². The van der Waals surface area contributed by atoms with E-state index in [0.717, 1.165) is 55.4 Å². The van der Waals surface area contributed by atoms with Gasteiger partial charge in [0.1, 0.15) is 5.82 Å². The van der Waals surface area contributed by atoms with Gasteiger partial charge in [0, 0.05) is 6.54 Å². The van der Waals surface area contributed by atoms with Crippen LogP contribution in [0.25, 0.3) is 0 Å². The number of carbonyl (C=O) groups is 1. The number of carboxylic acids is 1. The number of rotatable bonds is 8. The maximum absolute atomic E-state index is 13.1. The first kappa shape index (κ1) is 20.5. The molecule has 28 heavy (non-hydrogen) atoms. The van der Waals surface area contributed by atoms with Crippen LogP contribution in [-0.2, 0) is 27.7 Å². The molecule has 0 heterocycles. The number of halogens is 1. The van der Waals surface area contributed by atoms with Crippen LogP contribution in [0.3, 0.4) is 0 Å². The summed E-state index contributed by atoms with van der Waals surface area (Å²) in [6.45, 7) is 0.323.